The number of rotatable bonds is 10. The third kappa shape index (κ3) is 8.50. The van der Waals surface area contributed by atoms with E-state index in [0.717, 1.165) is 58.4 Å². The van der Waals surface area contributed by atoms with Crippen LogP contribution in [0.15, 0.2) is 0 Å². The molecule has 1 saturated heterocycles. The van der Waals surface area contributed by atoms with Crippen molar-refractivity contribution in [2.75, 3.05) is 32.7 Å². The Bertz CT molecular complexity index is 358. The SMILES string of the molecule is CC(C)CN1CCN(C(=O)CCCCCCC(=O)C(C)C)CC1. The Kier molecular flexibility index (Phi) is 9.46. The molecule has 4 nitrogen and oxygen atoms in total. The summed E-state index contributed by atoms with van der Waals surface area (Å²) in [6, 6.07) is 0. The van der Waals surface area contributed by atoms with Gasteiger partial charge in [-0.05, 0) is 18.8 Å². The summed E-state index contributed by atoms with van der Waals surface area (Å²) in [4.78, 5) is 28.2. The van der Waals surface area contributed by atoms with E-state index in [2.05, 4.69) is 18.7 Å². The Morgan fingerprint density at radius 1 is 0.826 bits per heavy atom. The van der Waals surface area contributed by atoms with E-state index < -0.39 is 0 Å². The summed E-state index contributed by atoms with van der Waals surface area (Å²) < 4.78 is 0. The van der Waals surface area contributed by atoms with Crippen molar-refractivity contribution in [1.29, 1.82) is 0 Å². The molecule has 0 atom stereocenters. The molecule has 1 fully saturated rings. The lowest BCUT2D eigenvalue weighted by molar-refractivity contribution is -0.133. The normalized spacial score (nSPS) is 16.3. The van der Waals surface area contributed by atoms with Crippen molar-refractivity contribution in [3.63, 3.8) is 0 Å². The minimum Gasteiger partial charge on any atom is -0.340 e. The molecule has 0 unspecified atom stereocenters. The molecule has 4 heteroatoms. The van der Waals surface area contributed by atoms with Gasteiger partial charge in [0.05, 0.1) is 0 Å². The van der Waals surface area contributed by atoms with Crippen LogP contribution in [-0.2, 0) is 9.59 Å². The number of hydrogen-bond donors (Lipinski definition) is 0. The van der Waals surface area contributed by atoms with Crippen LogP contribution in [0, 0.1) is 11.8 Å². The number of unbranched alkanes of at least 4 members (excludes halogenated alkanes) is 3. The lowest BCUT2D eigenvalue weighted by atomic mass is 10.0. The predicted molar refractivity (Wildman–Crippen MR) is 95.4 cm³/mol. The monoisotopic (exact) mass is 324 g/mol. The van der Waals surface area contributed by atoms with Gasteiger partial charge in [0.2, 0.25) is 5.91 Å². The molecule has 0 aromatic carbocycles. The molecule has 1 aliphatic rings. The highest BCUT2D eigenvalue weighted by Gasteiger charge is 2.20. The number of hydrogen-bond acceptors (Lipinski definition) is 3. The number of carbonyl (C=O) groups is 2. The van der Waals surface area contributed by atoms with Crippen LogP contribution in [-0.4, -0.2) is 54.2 Å². The van der Waals surface area contributed by atoms with Gasteiger partial charge in [-0.1, -0.05) is 40.5 Å². The second kappa shape index (κ2) is 10.8. The highest BCUT2D eigenvalue weighted by Crippen LogP contribution is 2.11. The quantitative estimate of drug-likeness (QED) is 0.579. The van der Waals surface area contributed by atoms with Gasteiger partial charge >= 0.3 is 0 Å². The number of amides is 1. The van der Waals surface area contributed by atoms with Crippen LogP contribution in [0.3, 0.4) is 0 Å². The van der Waals surface area contributed by atoms with Gasteiger partial charge in [0.1, 0.15) is 5.78 Å². The van der Waals surface area contributed by atoms with Crippen molar-refractivity contribution in [2.24, 2.45) is 11.8 Å². The van der Waals surface area contributed by atoms with Crippen LogP contribution in [0.5, 0.6) is 0 Å². The molecule has 0 spiro atoms. The van der Waals surface area contributed by atoms with Crippen molar-refractivity contribution < 1.29 is 9.59 Å². The van der Waals surface area contributed by atoms with E-state index in [-0.39, 0.29) is 5.92 Å². The minimum absolute atomic E-state index is 0.158. The summed E-state index contributed by atoms with van der Waals surface area (Å²) in [5, 5.41) is 0. The van der Waals surface area contributed by atoms with E-state index in [1.807, 2.05) is 18.7 Å². The first kappa shape index (κ1) is 20.1. The molecule has 23 heavy (non-hydrogen) atoms. The van der Waals surface area contributed by atoms with Crippen molar-refractivity contribution in [3.05, 3.63) is 0 Å². The van der Waals surface area contributed by atoms with Crippen LogP contribution in [0.2, 0.25) is 0 Å². The highest BCUT2D eigenvalue weighted by atomic mass is 16.2. The summed E-state index contributed by atoms with van der Waals surface area (Å²) >= 11 is 0. The maximum Gasteiger partial charge on any atom is 0.222 e. The molecule has 1 amide bonds. The van der Waals surface area contributed by atoms with Gasteiger partial charge in [0.15, 0.2) is 0 Å². The molecule has 1 heterocycles. The summed E-state index contributed by atoms with van der Waals surface area (Å²) in [5.74, 6) is 1.53. The van der Waals surface area contributed by atoms with E-state index >= 15 is 0 Å². The molecular formula is C19H36N2O2. The summed E-state index contributed by atoms with van der Waals surface area (Å²) in [7, 11) is 0. The van der Waals surface area contributed by atoms with Crippen LogP contribution < -0.4 is 0 Å². The molecule has 0 radical (unpaired) electrons. The largest absolute Gasteiger partial charge is 0.340 e. The van der Waals surface area contributed by atoms with Gasteiger partial charge in [-0.15, -0.1) is 0 Å². The molecule has 0 saturated carbocycles. The molecule has 1 aliphatic heterocycles. The van der Waals surface area contributed by atoms with E-state index in [1.54, 1.807) is 0 Å². The average Bonchev–Trinajstić information content (AvgIpc) is 2.50. The molecule has 0 aromatic heterocycles. The predicted octanol–water partition coefficient (Wildman–Crippen LogP) is 3.35. The second-order valence-electron chi connectivity index (χ2n) is 7.61. The lowest BCUT2D eigenvalue weighted by Gasteiger charge is -2.35. The molecule has 0 bridgehead atoms. The Hall–Kier alpha value is -0.900. The maximum atomic E-state index is 12.2. The first-order valence-corrected chi connectivity index (χ1v) is 9.43. The topological polar surface area (TPSA) is 40.6 Å². The van der Waals surface area contributed by atoms with Crippen LogP contribution in [0.4, 0.5) is 0 Å². The van der Waals surface area contributed by atoms with Gasteiger partial charge in [0.25, 0.3) is 0 Å². The molecule has 1 rings (SSSR count). The van der Waals surface area contributed by atoms with Gasteiger partial charge in [-0.3, -0.25) is 14.5 Å². The van der Waals surface area contributed by atoms with Gasteiger partial charge in [-0.2, -0.15) is 0 Å². The minimum atomic E-state index is 0.158. The lowest BCUT2D eigenvalue weighted by Crippen LogP contribution is -2.49. The fourth-order valence-corrected chi connectivity index (χ4v) is 3.07. The summed E-state index contributed by atoms with van der Waals surface area (Å²) in [5.41, 5.74) is 0. The Balaban J connectivity index is 2.06. The van der Waals surface area contributed by atoms with Crippen LogP contribution in [0.1, 0.15) is 66.2 Å². The Labute approximate surface area is 142 Å². The zero-order valence-corrected chi connectivity index (χ0v) is 15.6. The van der Waals surface area contributed by atoms with E-state index in [0.29, 0.717) is 30.4 Å². The maximum absolute atomic E-state index is 12.2. The highest BCUT2D eigenvalue weighted by molar-refractivity contribution is 5.80. The fourth-order valence-electron chi connectivity index (χ4n) is 3.07. The van der Waals surface area contributed by atoms with Gasteiger partial charge in [0, 0.05) is 51.5 Å². The van der Waals surface area contributed by atoms with Crippen molar-refractivity contribution in [3.8, 4) is 0 Å². The first-order chi connectivity index (χ1) is 10.9. The van der Waals surface area contributed by atoms with E-state index in [9.17, 15) is 9.59 Å². The Morgan fingerprint density at radius 2 is 1.39 bits per heavy atom. The number of Topliss-reactive ketones (excluding diaryl/α,β-unsaturated/α-hetero) is 1. The average molecular weight is 325 g/mol. The van der Waals surface area contributed by atoms with Crippen molar-refractivity contribution in [2.45, 2.75) is 66.2 Å². The zero-order chi connectivity index (χ0) is 17.2. The van der Waals surface area contributed by atoms with Gasteiger partial charge < -0.3 is 4.90 Å². The molecular weight excluding hydrogens is 288 g/mol. The van der Waals surface area contributed by atoms with Crippen molar-refractivity contribution in [1.82, 2.24) is 9.80 Å². The summed E-state index contributed by atoms with van der Waals surface area (Å²) in [6.07, 6.45) is 5.42. The third-order valence-corrected chi connectivity index (χ3v) is 4.56. The van der Waals surface area contributed by atoms with Crippen LogP contribution >= 0.6 is 0 Å². The van der Waals surface area contributed by atoms with Gasteiger partial charge in [-0.25, -0.2) is 0 Å². The number of piperazine rings is 1. The molecule has 134 valence electrons. The van der Waals surface area contributed by atoms with Crippen molar-refractivity contribution >= 4 is 11.7 Å². The molecule has 0 N–H and O–H groups in total. The third-order valence-electron chi connectivity index (χ3n) is 4.56. The van der Waals surface area contributed by atoms with Crippen LogP contribution in [0.25, 0.3) is 0 Å². The number of ketones is 1. The standard InChI is InChI=1S/C19H36N2O2/c1-16(2)15-20-11-13-21(14-12-20)19(23)10-8-6-5-7-9-18(22)17(3)4/h16-17H,5-15H2,1-4H3. The number of carbonyl (C=O) groups excluding carboxylic acids is 2. The Morgan fingerprint density at radius 3 is 1.91 bits per heavy atom. The fraction of sp³-hybridized carbons (Fsp3) is 0.895. The second-order valence-corrected chi connectivity index (χ2v) is 7.61. The van der Waals surface area contributed by atoms with E-state index in [1.165, 1.54) is 0 Å². The smallest absolute Gasteiger partial charge is 0.222 e. The molecule has 0 aromatic rings. The summed E-state index contributed by atoms with van der Waals surface area (Å²) in [6.45, 7) is 13.3. The van der Waals surface area contributed by atoms with E-state index in [4.69, 9.17) is 0 Å². The molecule has 0 aliphatic carbocycles. The zero-order valence-electron chi connectivity index (χ0n) is 15.6. The first-order valence-electron chi connectivity index (χ1n) is 9.43. The number of nitrogens with zero attached hydrogens (tertiary/aromatic N) is 2.